The van der Waals surface area contributed by atoms with E-state index in [-0.39, 0.29) is 52.3 Å². The van der Waals surface area contributed by atoms with Crippen molar-refractivity contribution in [2.24, 2.45) is 0 Å². The Bertz CT molecular complexity index is 1050. The molecule has 0 aliphatic carbocycles. The highest BCUT2D eigenvalue weighted by Crippen LogP contribution is 2.27. The highest BCUT2D eigenvalue weighted by atomic mass is 35.5. The number of carbonyl (C=O) groups is 3. The lowest BCUT2D eigenvalue weighted by molar-refractivity contribution is -0.116. The lowest BCUT2D eigenvalue weighted by Crippen LogP contribution is -2.39. The zero-order valence-corrected chi connectivity index (χ0v) is 20.9. The third-order valence-corrected chi connectivity index (χ3v) is 6.56. The second kappa shape index (κ2) is 11.2. The number of hydrogen-bond acceptors (Lipinski definition) is 8. The van der Waals surface area contributed by atoms with E-state index < -0.39 is 0 Å². The van der Waals surface area contributed by atoms with Crippen molar-refractivity contribution in [3.63, 3.8) is 0 Å². The largest absolute Gasteiger partial charge is 0.479 e. The predicted octanol–water partition coefficient (Wildman–Crippen LogP) is 4.25. The number of aromatic nitrogens is 2. The molecule has 1 aromatic heterocycles. The number of rotatable bonds is 8. The average Bonchev–Trinajstić information content (AvgIpc) is 2.99. The van der Waals surface area contributed by atoms with E-state index >= 15 is 0 Å². The smallest absolute Gasteiger partial charge is 0.261 e. The van der Waals surface area contributed by atoms with Crippen LogP contribution >= 0.6 is 47.2 Å². The lowest BCUT2D eigenvalue weighted by atomic mass is 10.1. The van der Waals surface area contributed by atoms with Crippen molar-refractivity contribution >= 4 is 75.2 Å². The molecule has 1 unspecified atom stereocenters. The fraction of sp³-hybridized carbons (Fsp3) is 0.333. The van der Waals surface area contributed by atoms with Crippen LogP contribution in [0.3, 0.4) is 0 Å². The van der Waals surface area contributed by atoms with Crippen LogP contribution in [0.4, 0.5) is 5.95 Å². The first-order valence-corrected chi connectivity index (χ1v) is 12.0. The fourth-order valence-electron chi connectivity index (χ4n) is 3.25. The molecular formula is C21H20Cl2N4O4S2. The first-order chi connectivity index (χ1) is 15.7. The van der Waals surface area contributed by atoms with Crippen molar-refractivity contribution in [1.82, 2.24) is 14.9 Å². The highest BCUT2D eigenvalue weighted by molar-refractivity contribution is 8.23. The van der Waals surface area contributed by atoms with Gasteiger partial charge in [0.05, 0.1) is 17.7 Å². The first kappa shape index (κ1) is 25.4. The minimum Gasteiger partial charge on any atom is -0.479 e. The Morgan fingerprint density at radius 2 is 1.76 bits per heavy atom. The monoisotopic (exact) mass is 526 g/mol. The summed E-state index contributed by atoms with van der Waals surface area (Å²) in [5.41, 5.74) is 0.757. The van der Waals surface area contributed by atoms with Crippen LogP contribution in [0.5, 0.6) is 0 Å². The Kier molecular flexibility index (Phi) is 8.63. The quantitative estimate of drug-likeness (QED) is 0.286. The van der Waals surface area contributed by atoms with Crippen molar-refractivity contribution in [3.05, 3.63) is 51.8 Å². The summed E-state index contributed by atoms with van der Waals surface area (Å²) in [5.74, 6) is -0.976. The summed E-state index contributed by atoms with van der Waals surface area (Å²) in [5, 5.41) is -0.147. The predicted molar refractivity (Wildman–Crippen MR) is 132 cm³/mol. The highest BCUT2D eigenvalue weighted by Gasteiger charge is 2.35. The maximum atomic E-state index is 12.7. The Hall–Kier alpha value is -2.27. The summed E-state index contributed by atoms with van der Waals surface area (Å²) in [7, 11) is 0. The minimum atomic E-state index is -0.347. The standard InChI is InChI=1S/C21H20Cl2N4O4S2/c1-3-31-21(32)33-13(11-27(12(2)28)20-24-16(22)10-17(23)25-20)8-9-26-18(29)14-6-4-5-7-15(14)19(26)30/h4-7,10,13H,3,8-9,11H2,1-2H3. The topological polar surface area (TPSA) is 92.7 Å². The second-order valence-electron chi connectivity index (χ2n) is 6.96. The molecule has 0 bridgehead atoms. The van der Waals surface area contributed by atoms with Crippen LogP contribution in [0.25, 0.3) is 0 Å². The van der Waals surface area contributed by atoms with Crippen LogP contribution < -0.4 is 4.90 Å². The number of carbonyl (C=O) groups excluding carboxylic acids is 3. The van der Waals surface area contributed by atoms with E-state index in [0.717, 1.165) is 0 Å². The molecule has 1 aliphatic rings. The van der Waals surface area contributed by atoms with Gasteiger partial charge in [-0.25, -0.2) is 9.97 Å². The molecule has 2 heterocycles. The third kappa shape index (κ3) is 6.20. The number of amides is 3. The molecule has 8 nitrogen and oxygen atoms in total. The van der Waals surface area contributed by atoms with Crippen LogP contribution in [0.15, 0.2) is 30.3 Å². The molecule has 12 heteroatoms. The van der Waals surface area contributed by atoms with E-state index in [1.807, 2.05) is 6.92 Å². The average molecular weight is 527 g/mol. The first-order valence-electron chi connectivity index (χ1n) is 9.98. The molecule has 1 aliphatic heterocycles. The lowest BCUT2D eigenvalue weighted by Gasteiger charge is -2.26. The zero-order chi connectivity index (χ0) is 24.1. The Morgan fingerprint density at radius 3 is 2.27 bits per heavy atom. The number of benzene rings is 1. The normalized spacial score (nSPS) is 13.6. The van der Waals surface area contributed by atoms with Crippen LogP contribution in [0, 0.1) is 0 Å². The van der Waals surface area contributed by atoms with Crippen LogP contribution in [-0.2, 0) is 9.53 Å². The number of imide groups is 1. The number of ether oxygens (including phenoxy) is 1. The minimum absolute atomic E-state index is 0.0497. The van der Waals surface area contributed by atoms with E-state index in [2.05, 4.69) is 9.97 Å². The molecule has 0 radical (unpaired) electrons. The molecule has 3 rings (SSSR count). The number of anilines is 1. The van der Waals surface area contributed by atoms with E-state index in [4.69, 9.17) is 40.2 Å². The Balaban J connectivity index is 1.79. The van der Waals surface area contributed by atoms with Crippen molar-refractivity contribution in [2.45, 2.75) is 25.5 Å². The van der Waals surface area contributed by atoms with Gasteiger partial charge >= 0.3 is 0 Å². The van der Waals surface area contributed by atoms with Crippen LogP contribution in [0.2, 0.25) is 10.3 Å². The maximum Gasteiger partial charge on any atom is 0.261 e. The number of hydrogen-bond donors (Lipinski definition) is 0. The molecule has 0 saturated heterocycles. The van der Waals surface area contributed by atoms with Gasteiger partial charge in [0, 0.05) is 31.3 Å². The molecule has 174 valence electrons. The van der Waals surface area contributed by atoms with Gasteiger partial charge in [-0.15, -0.1) is 0 Å². The van der Waals surface area contributed by atoms with Gasteiger partial charge in [0.25, 0.3) is 11.8 Å². The fourth-order valence-corrected chi connectivity index (χ4v) is 5.09. The van der Waals surface area contributed by atoms with Crippen LogP contribution in [0.1, 0.15) is 41.0 Å². The molecule has 0 saturated carbocycles. The molecule has 3 amide bonds. The van der Waals surface area contributed by atoms with Gasteiger partial charge in [-0.3, -0.25) is 24.2 Å². The number of nitrogens with zero attached hydrogens (tertiary/aromatic N) is 4. The molecule has 33 heavy (non-hydrogen) atoms. The number of halogens is 2. The summed E-state index contributed by atoms with van der Waals surface area (Å²) in [4.78, 5) is 48.5. The van der Waals surface area contributed by atoms with Crippen LogP contribution in [-0.4, -0.2) is 61.9 Å². The van der Waals surface area contributed by atoms with Gasteiger partial charge in [0.15, 0.2) is 0 Å². The molecule has 1 aromatic carbocycles. The van der Waals surface area contributed by atoms with E-state index in [1.165, 1.54) is 34.6 Å². The van der Waals surface area contributed by atoms with Gasteiger partial charge < -0.3 is 4.74 Å². The van der Waals surface area contributed by atoms with E-state index in [1.54, 1.807) is 24.3 Å². The SMILES string of the molecule is CCOC(=S)SC(CCN1C(=O)c2ccccc2C1=O)CN(C(C)=O)c1nc(Cl)cc(Cl)n1. The van der Waals surface area contributed by atoms with E-state index in [9.17, 15) is 14.4 Å². The Labute approximate surface area is 210 Å². The van der Waals surface area contributed by atoms with Crippen molar-refractivity contribution in [1.29, 1.82) is 0 Å². The molecule has 0 fully saturated rings. The zero-order valence-electron chi connectivity index (χ0n) is 17.8. The molecular weight excluding hydrogens is 507 g/mol. The van der Waals surface area contributed by atoms with Crippen molar-refractivity contribution in [2.75, 3.05) is 24.6 Å². The summed E-state index contributed by atoms with van der Waals surface area (Å²) in [6.07, 6.45) is 0.349. The summed E-state index contributed by atoms with van der Waals surface area (Å²) in [6, 6.07) is 8.05. The summed E-state index contributed by atoms with van der Waals surface area (Å²) >= 11 is 18.5. The van der Waals surface area contributed by atoms with Gasteiger partial charge in [-0.2, -0.15) is 0 Å². The van der Waals surface area contributed by atoms with Gasteiger partial charge in [0.2, 0.25) is 16.2 Å². The maximum absolute atomic E-state index is 12.7. The second-order valence-corrected chi connectivity index (χ2v) is 9.64. The van der Waals surface area contributed by atoms with Gasteiger partial charge in [0.1, 0.15) is 10.3 Å². The number of fused-ring (bicyclic) bond motifs is 1. The summed E-state index contributed by atoms with van der Waals surface area (Å²) < 4.78 is 5.68. The molecule has 2 aromatic rings. The molecule has 0 spiro atoms. The molecule has 1 atom stereocenters. The third-order valence-electron chi connectivity index (χ3n) is 4.74. The summed E-state index contributed by atoms with van der Waals surface area (Å²) in [6.45, 7) is 3.84. The van der Waals surface area contributed by atoms with Gasteiger partial charge in [-0.1, -0.05) is 47.1 Å². The Morgan fingerprint density at radius 1 is 1.18 bits per heavy atom. The number of thioether (sulfide) groups is 1. The van der Waals surface area contributed by atoms with E-state index in [0.29, 0.717) is 28.5 Å². The number of thiocarbonyl (C=S) groups is 1. The molecule has 0 N–H and O–H groups in total. The van der Waals surface area contributed by atoms with Crippen molar-refractivity contribution < 1.29 is 19.1 Å². The van der Waals surface area contributed by atoms with Crippen molar-refractivity contribution in [3.8, 4) is 0 Å². The van der Waals surface area contributed by atoms with Gasteiger partial charge in [-0.05, 0) is 37.7 Å².